The molecule has 0 amide bonds. The van der Waals surface area contributed by atoms with Gasteiger partial charge in [0.05, 0.1) is 13.7 Å². The second-order valence-electron chi connectivity index (χ2n) is 6.49. The summed E-state index contributed by atoms with van der Waals surface area (Å²) in [5.74, 6) is -1.47. The van der Waals surface area contributed by atoms with Crippen molar-refractivity contribution in [3.63, 3.8) is 0 Å². The first kappa shape index (κ1) is 20.6. The number of hydrogen-bond donors (Lipinski definition) is 1. The Balaban J connectivity index is 3.13. The lowest BCUT2D eigenvalue weighted by Gasteiger charge is -2.35. The van der Waals surface area contributed by atoms with Crippen LogP contribution in [0.3, 0.4) is 0 Å². The Labute approximate surface area is 142 Å². The van der Waals surface area contributed by atoms with E-state index in [2.05, 4.69) is 8.91 Å². The van der Waals surface area contributed by atoms with E-state index in [1.165, 1.54) is 0 Å². The number of nitrogens with one attached hydrogen (secondary N) is 1. The van der Waals surface area contributed by atoms with E-state index in [0.29, 0.717) is 0 Å². The first-order chi connectivity index (χ1) is 11.0. The molecule has 138 valence electrons. The zero-order valence-corrected chi connectivity index (χ0v) is 15.4. The maximum absolute atomic E-state index is 12.7. The Kier molecular flexibility index (Phi) is 6.54. The highest BCUT2D eigenvalue weighted by atomic mass is 32.2. The fourth-order valence-corrected chi connectivity index (χ4v) is 2.97. The Morgan fingerprint density at radius 2 is 1.92 bits per heavy atom. The Bertz CT molecular complexity index is 606. The van der Waals surface area contributed by atoms with Crippen molar-refractivity contribution >= 4 is 22.2 Å². The summed E-state index contributed by atoms with van der Waals surface area (Å²) in [5.41, 5.74) is -2.39. The normalized spacial score (nSPS) is 24.5. The molecule has 1 N–H and O–H groups in total. The Hall–Kier alpha value is -1.45. The third kappa shape index (κ3) is 5.29. The summed E-state index contributed by atoms with van der Waals surface area (Å²) in [6.45, 7) is 6.79. The van der Waals surface area contributed by atoms with Crippen LogP contribution in [0.15, 0.2) is 12.2 Å². The van der Waals surface area contributed by atoms with Gasteiger partial charge in [-0.05, 0) is 40.5 Å². The van der Waals surface area contributed by atoms with E-state index >= 15 is 0 Å². The van der Waals surface area contributed by atoms with Crippen LogP contribution in [0.1, 0.15) is 40.5 Å². The molecule has 0 radical (unpaired) electrons. The number of allylic oxidation sites excluding steroid dienone is 1. The first-order valence-electron chi connectivity index (χ1n) is 7.61. The minimum absolute atomic E-state index is 0.0754. The van der Waals surface area contributed by atoms with Gasteiger partial charge in [0, 0.05) is 6.04 Å². The van der Waals surface area contributed by atoms with Gasteiger partial charge < -0.3 is 9.47 Å². The fraction of sp³-hybridized carbons (Fsp3) is 0.733. The molecule has 8 nitrogen and oxygen atoms in total. The average Bonchev–Trinajstić information content (AvgIpc) is 2.45. The van der Waals surface area contributed by atoms with E-state index in [-0.39, 0.29) is 19.4 Å². The molecule has 0 heterocycles. The summed E-state index contributed by atoms with van der Waals surface area (Å²) in [6.07, 6.45) is 3.09. The molecule has 1 aliphatic carbocycles. The third-order valence-electron chi connectivity index (χ3n) is 3.37. The highest BCUT2D eigenvalue weighted by molar-refractivity contribution is 7.84. The van der Waals surface area contributed by atoms with Crippen LogP contribution in [-0.4, -0.2) is 45.7 Å². The van der Waals surface area contributed by atoms with Gasteiger partial charge in [-0.3, -0.25) is 13.8 Å². The highest BCUT2D eigenvalue weighted by Gasteiger charge is 2.52. The summed E-state index contributed by atoms with van der Waals surface area (Å²) in [5, 5.41) is 0. The van der Waals surface area contributed by atoms with Crippen LogP contribution in [0.5, 0.6) is 0 Å². The molecule has 9 heteroatoms. The van der Waals surface area contributed by atoms with E-state index in [0.717, 1.165) is 7.11 Å². The largest absolute Gasteiger partial charge is 0.465 e. The van der Waals surface area contributed by atoms with Crippen molar-refractivity contribution in [2.75, 3.05) is 13.7 Å². The zero-order valence-electron chi connectivity index (χ0n) is 14.6. The van der Waals surface area contributed by atoms with E-state index in [1.54, 1.807) is 39.8 Å². The molecule has 2 atom stereocenters. The van der Waals surface area contributed by atoms with Gasteiger partial charge in [-0.25, -0.2) is 0 Å². The topological polar surface area (TPSA) is 108 Å². The predicted octanol–water partition coefficient (Wildman–Crippen LogP) is 1.08. The van der Waals surface area contributed by atoms with Crippen LogP contribution in [0.2, 0.25) is 0 Å². The van der Waals surface area contributed by atoms with Crippen molar-refractivity contribution < 1.29 is 31.7 Å². The lowest BCUT2D eigenvalue weighted by atomic mass is 9.75. The Morgan fingerprint density at radius 3 is 2.42 bits per heavy atom. The fourth-order valence-electron chi connectivity index (χ4n) is 2.34. The summed E-state index contributed by atoms with van der Waals surface area (Å²) in [6, 6.07) is -0.791. The van der Waals surface area contributed by atoms with Crippen molar-refractivity contribution in [2.24, 2.45) is 5.41 Å². The number of carbonyl (C=O) groups is 2. The minimum atomic E-state index is -3.97. The van der Waals surface area contributed by atoms with Crippen molar-refractivity contribution in [1.82, 2.24) is 4.72 Å². The summed E-state index contributed by atoms with van der Waals surface area (Å²) >= 11 is 0. The van der Waals surface area contributed by atoms with Crippen molar-refractivity contribution in [2.45, 2.75) is 52.2 Å². The average molecular weight is 363 g/mol. The van der Waals surface area contributed by atoms with E-state index < -0.39 is 39.3 Å². The van der Waals surface area contributed by atoms with E-state index in [1.807, 2.05) is 0 Å². The van der Waals surface area contributed by atoms with Crippen LogP contribution in [0.25, 0.3) is 0 Å². The quantitative estimate of drug-likeness (QED) is 0.427. The maximum atomic E-state index is 12.7. The molecule has 0 aromatic heterocycles. The van der Waals surface area contributed by atoms with Gasteiger partial charge in [0.25, 0.3) is 0 Å². The van der Waals surface area contributed by atoms with Crippen LogP contribution < -0.4 is 4.72 Å². The molecule has 0 aromatic rings. The maximum Gasteiger partial charge on any atom is 0.336 e. The van der Waals surface area contributed by atoms with E-state index in [9.17, 15) is 18.0 Å². The van der Waals surface area contributed by atoms with Gasteiger partial charge in [0.2, 0.25) is 0 Å². The number of ether oxygens (including phenoxy) is 2. The Morgan fingerprint density at radius 1 is 1.29 bits per heavy atom. The van der Waals surface area contributed by atoms with E-state index in [4.69, 9.17) is 9.47 Å². The van der Waals surface area contributed by atoms with Crippen LogP contribution in [-0.2, 0) is 33.6 Å². The summed E-state index contributed by atoms with van der Waals surface area (Å²) in [7, 11) is -2.96. The zero-order chi connectivity index (χ0) is 18.6. The molecule has 24 heavy (non-hydrogen) atoms. The number of rotatable bonds is 6. The molecule has 0 saturated heterocycles. The molecule has 0 spiro atoms. The monoisotopic (exact) mass is 363 g/mol. The van der Waals surface area contributed by atoms with Crippen molar-refractivity contribution in [3.05, 3.63) is 12.2 Å². The second-order valence-corrected chi connectivity index (χ2v) is 7.96. The van der Waals surface area contributed by atoms with Gasteiger partial charge in [0.1, 0.15) is 5.60 Å². The molecule has 1 rings (SSSR count). The molecule has 0 fully saturated rings. The number of hydrogen-bond acceptors (Lipinski definition) is 7. The summed E-state index contributed by atoms with van der Waals surface area (Å²) in [4.78, 5) is 25.1. The number of esters is 2. The SMILES string of the molecule is CCOC(=O)[C@@]1(C(=O)OC(C)(C)C)CC=C[C@H](NS(=O)(=O)OC)C1. The van der Waals surface area contributed by atoms with Crippen molar-refractivity contribution in [3.8, 4) is 0 Å². The van der Waals surface area contributed by atoms with Gasteiger partial charge >= 0.3 is 22.2 Å². The molecule has 1 aliphatic rings. The molecule has 0 bridgehead atoms. The molecule has 0 aromatic carbocycles. The third-order valence-corrected chi connectivity index (χ3v) is 4.40. The second kappa shape index (κ2) is 7.62. The van der Waals surface area contributed by atoms with Gasteiger partial charge in [0.15, 0.2) is 5.41 Å². The molecule has 0 unspecified atom stereocenters. The van der Waals surface area contributed by atoms with Gasteiger partial charge in [-0.2, -0.15) is 13.1 Å². The molecule has 0 aliphatic heterocycles. The highest BCUT2D eigenvalue weighted by Crippen LogP contribution is 2.37. The number of carbonyl (C=O) groups excluding carboxylic acids is 2. The van der Waals surface area contributed by atoms with Gasteiger partial charge in [-0.15, -0.1) is 0 Å². The standard InChI is InChI=1S/C15H25NO7S/c1-6-22-12(17)15(13(18)23-14(2,3)4)9-7-8-11(10-15)16-24(19,20)21-5/h7-8,11,16H,6,9-10H2,1-5H3/t11-,15+/m0/s1. The van der Waals surface area contributed by atoms with Crippen molar-refractivity contribution in [1.29, 1.82) is 0 Å². The smallest absolute Gasteiger partial charge is 0.336 e. The lowest BCUT2D eigenvalue weighted by molar-refractivity contribution is -0.180. The van der Waals surface area contributed by atoms with Gasteiger partial charge in [-0.1, -0.05) is 12.2 Å². The predicted molar refractivity (Wildman–Crippen MR) is 86.1 cm³/mol. The minimum Gasteiger partial charge on any atom is -0.465 e. The molecular weight excluding hydrogens is 338 g/mol. The first-order valence-corrected chi connectivity index (χ1v) is 9.02. The van der Waals surface area contributed by atoms with Crippen LogP contribution >= 0.6 is 0 Å². The van der Waals surface area contributed by atoms with Crippen LogP contribution in [0, 0.1) is 5.41 Å². The molecule has 0 saturated carbocycles. The lowest BCUT2D eigenvalue weighted by Crippen LogP contribution is -2.50. The summed E-state index contributed by atoms with van der Waals surface area (Å²) < 4.78 is 40.2. The molecular formula is C15H25NO7S. The van der Waals surface area contributed by atoms with Crippen LogP contribution in [0.4, 0.5) is 0 Å².